The van der Waals surface area contributed by atoms with E-state index in [9.17, 15) is 0 Å². The summed E-state index contributed by atoms with van der Waals surface area (Å²) in [5, 5.41) is 7.98. The molecule has 0 saturated carbocycles. The van der Waals surface area contributed by atoms with Crippen LogP contribution in [0.5, 0.6) is 5.75 Å². The highest BCUT2D eigenvalue weighted by Crippen LogP contribution is 2.20. The summed E-state index contributed by atoms with van der Waals surface area (Å²) in [6.45, 7) is 7.15. The molecule has 7 heteroatoms. The second-order valence-electron chi connectivity index (χ2n) is 7.45. The van der Waals surface area contributed by atoms with Crippen molar-refractivity contribution in [3.05, 3.63) is 45.9 Å². The number of thiazole rings is 1. The number of hydrogen-bond acceptors (Lipinski definition) is 5. The minimum Gasteiger partial charge on any atom is -0.497 e. The second kappa shape index (κ2) is 11.2. The average molecular weight is 416 g/mol. The van der Waals surface area contributed by atoms with Crippen LogP contribution in [0.4, 0.5) is 0 Å². The number of rotatable bonds is 8. The Morgan fingerprint density at radius 2 is 2.00 bits per heavy atom. The molecule has 2 aromatic rings. The third-order valence-corrected chi connectivity index (χ3v) is 6.55. The summed E-state index contributed by atoms with van der Waals surface area (Å²) in [4.78, 5) is 12.7. The number of methoxy groups -OCH3 is 1. The van der Waals surface area contributed by atoms with Crippen LogP contribution in [0.1, 0.15) is 35.2 Å². The predicted molar refractivity (Wildman–Crippen MR) is 121 cm³/mol. The number of aryl methyl sites for hydroxylation is 1. The second-order valence-corrected chi connectivity index (χ2v) is 8.65. The van der Waals surface area contributed by atoms with Crippen LogP contribution in [-0.4, -0.2) is 49.6 Å². The van der Waals surface area contributed by atoms with Gasteiger partial charge in [-0.1, -0.05) is 19.1 Å². The van der Waals surface area contributed by atoms with Crippen molar-refractivity contribution in [3.63, 3.8) is 0 Å². The number of aliphatic imine (C=N–C) groups is 1. The van der Waals surface area contributed by atoms with Crippen molar-refractivity contribution in [2.75, 3.05) is 33.8 Å². The van der Waals surface area contributed by atoms with Gasteiger partial charge in [0.2, 0.25) is 0 Å². The Balaban J connectivity index is 1.35. The Labute approximate surface area is 178 Å². The van der Waals surface area contributed by atoms with Gasteiger partial charge in [-0.3, -0.25) is 9.89 Å². The molecule has 0 aliphatic carbocycles. The van der Waals surface area contributed by atoms with Crippen LogP contribution in [0, 0.1) is 5.92 Å². The molecule has 6 nitrogen and oxygen atoms in total. The normalized spacial score (nSPS) is 16.0. The van der Waals surface area contributed by atoms with Gasteiger partial charge in [0.15, 0.2) is 5.96 Å². The molecule has 0 amide bonds. The minimum absolute atomic E-state index is 0.687. The van der Waals surface area contributed by atoms with Crippen LogP contribution < -0.4 is 15.4 Å². The molecule has 2 N–H and O–H groups in total. The molecule has 29 heavy (non-hydrogen) atoms. The topological polar surface area (TPSA) is 61.8 Å². The van der Waals surface area contributed by atoms with Crippen molar-refractivity contribution < 1.29 is 4.74 Å². The van der Waals surface area contributed by atoms with E-state index in [2.05, 4.69) is 44.6 Å². The van der Waals surface area contributed by atoms with E-state index in [1.807, 2.05) is 25.4 Å². The highest BCUT2D eigenvalue weighted by molar-refractivity contribution is 7.11. The lowest BCUT2D eigenvalue weighted by atomic mass is 9.96. The maximum atomic E-state index is 5.24. The number of ether oxygens (including phenoxy) is 1. The van der Waals surface area contributed by atoms with Gasteiger partial charge in [-0.15, -0.1) is 11.3 Å². The summed E-state index contributed by atoms with van der Waals surface area (Å²) < 4.78 is 5.24. The molecule has 158 valence electrons. The Kier molecular flexibility index (Phi) is 8.31. The number of benzene rings is 1. The number of hydrogen-bond donors (Lipinski definition) is 2. The zero-order chi connectivity index (χ0) is 20.5. The van der Waals surface area contributed by atoms with E-state index in [1.54, 1.807) is 18.4 Å². The Hall–Kier alpha value is -2.12. The Morgan fingerprint density at radius 3 is 2.62 bits per heavy atom. The molecule has 1 fully saturated rings. The van der Waals surface area contributed by atoms with Crippen LogP contribution in [0.25, 0.3) is 0 Å². The van der Waals surface area contributed by atoms with Crippen molar-refractivity contribution in [2.24, 2.45) is 10.9 Å². The molecule has 1 aromatic carbocycles. The monoisotopic (exact) mass is 415 g/mol. The first-order valence-corrected chi connectivity index (χ1v) is 11.2. The molecule has 3 rings (SSSR count). The fraction of sp³-hybridized carbons (Fsp3) is 0.545. The molecule has 1 saturated heterocycles. The van der Waals surface area contributed by atoms with Crippen LogP contribution in [0.3, 0.4) is 0 Å². The molecule has 0 atom stereocenters. The number of likely N-dealkylation sites (tertiary alicyclic amines) is 1. The third-order valence-electron chi connectivity index (χ3n) is 5.41. The summed E-state index contributed by atoms with van der Waals surface area (Å²) in [5.41, 5.74) is 1.35. The van der Waals surface area contributed by atoms with E-state index >= 15 is 0 Å². The Bertz CT molecular complexity index is 766. The van der Waals surface area contributed by atoms with Gasteiger partial charge in [-0.25, -0.2) is 4.98 Å². The van der Waals surface area contributed by atoms with Crippen LogP contribution in [0.15, 0.2) is 35.5 Å². The maximum Gasteiger partial charge on any atom is 0.191 e. The summed E-state index contributed by atoms with van der Waals surface area (Å²) in [6.07, 6.45) is 5.44. The van der Waals surface area contributed by atoms with Crippen LogP contribution in [0.2, 0.25) is 0 Å². The van der Waals surface area contributed by atoms with Gasteiger partial charge >= 0.3 is 0 Å². The Morgan fingerprint density at radius 1 is 1.24 bits per heavy atom. The lowest BCUT2D eigenvalue weighted by molar-refractivity contribution is 0.178. The standard InChI is InChI=1S/C22H33N5OS/c1-4-20-14-24-21(29-20)15-26-22(23-2)25-13-17-9-11-27(12-10-17)16-18-5-7-19(28-3)8-6-18/h5-8,14,17H,4,9-13,15-16H2,1-3H3,(H2,23,25,26). The minimum atomic E-state index is 0.687. The summed E-state index contributed by atoms with van der Waals surface area (Å²) in [7, 11) is 3.53. The quantitative estimate of drug-likeness (QED) is 0.512. The summed E-state index contributed by atoms with van der Waals surface area (Å²) in [6, 6.07) is 8.40. The molecule has 0 unspecified atom stereocenters. The van der Waals surface area contributed by atoms with Gasteiger partial charge in [0.1, 0.15) is 10.8 Å². The smallest absolute Gasteiger partial charge is 0.191 e. The van der Waals surface area contributed by atoms with Crippen molar-refractivity contribution in [1.29, 1.82) is 0 Å². The molecular formula is C22H33N5OS. The number of guanidine groups is 1. The number of aromatic nitrogens is 1. The van der Waals surface area contributed by atoms with E-state index < -0.39 is 0 Å². The SMILES string of the molecule is CCc1cnc(CNC(=NC)NCC2CCN(Cc3ccc(OC)cc3)CC2)s1. The maximum absolute atomic E-state index is 5.24. The van der Waals surface area contributed by atoms with E-state index in [0.29, 0.717) is 5.92 Å². The van der Waals surface area contributed by atoms with Gasteiger partial charge in [-0.05, 0) is 56.0 Å². The summed E-state index contributed by atoms with van der Waals surface area (Å²) >= 11 is 1.77. The number of piperidine rings is 1. The number of nitrogens with one attached hydrogen (secondary N) is 2. The van der Waals surface area contributed by atoms with Crippen molar-refractivity contribution in [1.82, 2.24) is 20.5 Å². The zero-order valence-electron chi connectivity index (χ0n) is 17.8. The predicted octanol–water partition coefficient (Wildman–Crippen LogP) is 3.29. The van der Waals surface area contributed by atoms with E-state index in [4.69, 9.17) is 4.74 Å². The van der Waals surface area contributed by atoms with Gasteiger partial charge in [-0.2, -0.15) is 0 Å². The third kappa shape index (κ3) is 6.72. The largest absolute Gasteiger partial charge is 0.497 e. The lowest BCUT2D eigenvalue weighted by Gasteiger charge is -2.32. The average Bonchev–Trinajstić information content (AvgIpc) is 3.23. The van der Waals surface area contributed by atoms with Gasteiger partial charge in [0.25, 0.3) is 0 Å². The highest BCUT2D eigenvalue weighted by atomic mass is 32.1. The van der Waals surface area contributed by atoms with E-state index in [-0.39, 0.29) is 0 Å². The first-order valence-electron chi connectivity index (χ1n) is 10.4. The zero-order valence-corrected chi connectivity index (χ0v) is 18.6. The van der Waals surface area contributed by atoms with Crippen LogP contribution in [-0.2, 0) is 19.5 Å². The summed E-state index contributed by atoms with van der Waals surface area (Å²) in [5.74, 6) is 2.47. The van der Waals surface area contributed by atoms with Crippen molar-refractivity contribution >= 4 is 17.3 Å². The first-order chi connectivity index (χ1) is 14.2. The molecule has 0 radical (unpaired) electrons. The van der Waals surface area contributed by atoms with Crippen molar-refractivity contribution in [2.45, 2.75) is 39.3 Å². The fourth-order valence-electron chi connectivity index (χ4n) is 3.55. The fourth-order valence-corrected chi connectivity index (χ4v) is 4.35. The highest BCUT2D eigenvalue weighted by Gasteiger charge is 2.19. The lowest BCUT2D eigenvalue weighted by Crippen LogP contribution is -2.42. The molecule has 1 aliphatic heterocycles. The first kappa shape index (κ1) is 21.6. The number of nitrogens with zero attached hydrogens (tertiary/aromatic N) is 3. The van der Waals surface area contributed by atoms with E-state index in [1.165, 1.54) is 23.3 Å². The molecule has 1 aromatic heterocycles. The van der Waals surface area contributed by atoms with Gasteiger partial charge < -0.3 is 15.4 Å². The molecule has 1 aliphatic rings. The molecule has 2 heterocycles. The van der Waals surface area contributed by atoms with Crippen LogP contribution >= 0.6 is 11.3 Å². The molecular weight excluding hydrogens is 382 g/mol. The molecule has 0 spiro atoms. The van der Waals surface area contributed by atoms with E-state index in [0.717, 1.165) is 55.9 Å². The van der Waals surface area contributed by atoms with Crippen molar-refractivity contribution in [3.8, 4) is 5.75 Å². The van der Waals surface area contributed by atoms with Gasteiger partial charge in [0, 0.05) is 31.2 Å². The molecule has 0 bridgehead atoms. The van der Waals surface area contributed by atoms with Gasteiger partial charge in [0.05, 0.1) is 13.7 Å².